The predicted molar refractivity (Wildman–Crippen MR) is 72.7 cm³/mol. The maximum Gasteiger partial charge on any atom is 0.261 e. The molecule has 0 fully saturated rings. The zero-order valence-electron chi connectivity index (χ0n) is 10.4. The van der Waals surface area contributed by atoms with Crippen molar-refractivity contribution >= 4 is 22.5 Å². The summed E-state index contributed by atoms with van der Waals surface area (Å²) in [6.07, 6.45) is 2.49. The molecule has 0 saturated carbocycles. The summed E-state index contributed by atoms with van der Waals surface area (Å²) in [6.45, 7) is 6.73. The van der Waals surface area contributed by atoms with Gasteiger partial charge in [0.1, 0.15) is 0 Å². The van der Waals surface area contributed by atoms with Crippen LogP contribution in [0.25, 0.3) is 10.9 Å². The third-order valence-electron chi connectivity index (χ3n) is 2.25. The smallest absolute Gasteiger partial charge is 0.261 e. The second-order valence-corrected chi connectivity index (χ2v) is 3.84. The number of aryl methyl sites for hydroxylation is 1. The number of hydrogen-bond acceptors (Lipinski definition) is 2. The molecule has 0 unspecified atom stereocenters. The minimum Gasteiger partial charge on any atom is -0.299 e. The predicted octanol–water partition coefficient (Wildman–Crippen LogP) is 3.49. The van der Waals surface area contributed by atoms with Crippen molar-refractivity contribution in [1.82, 2.24) is 9.55 Å². The van der Waals surface area contributed by atoms with Gasteiger partial charge in [0.05, 0.1) is 17.2 Å². The van der Waals surface area contributed by atoms with Gasteiger partial charge in [-0.05, 0) is 24.6 Å². The molecule has 0 saturated heterocycles. The molecule has 2 aromatic rings. The molecule has 2 rings (SSSR count). The fourth-order valence-electron chi connectivity index (χ4n) is 1.53. The Morgan fingerprint density at radius 2 is 2.06 bits per heavy atom. The Hall–Kier alpha value is -1.35. The van der Waals surface area contributed by atoms with Gasteiger partial charge in [-0.25, -0.2) is 4.98 Å². The number of nitrogens with zero attached hydrogens (tertiary/aromatic N) is 2. The van der Waals surface area contributed by atoms with E-state index in [-0.39, 0.29) is 5.56 Å². The van der Waals surface area contributed by atoms with Crippen LogP contribution in [0.2, 0.25) is 5.02 Å². The van der Waals surface area contributed by atoms with Crippen molar-refractivity contribution in [3.05, 3.63) is 39.9 Å². The van der Waals surface area contributed by atoms with Crippen LogP contribution in [0.3, 0.4) is 0 Å². The molecule has 0 aliphatic rings. The van der Waals surface area contributed by atoms with Crippen molar-refractivity contribution in [3.63, 3.8) is 0 Å². The van der Waals surface area contributed by atoms with Crippen LogP contribution in [-0.4, -0.2) is 9.55 Å². The van der Waals surface area contributed by atoms with Gasteiger partial charge in [-0.2, -0.15) is 0 Å². The normalized spacial score (nSPS) is 9.88. The highest BCUT2D eigenvalue weighted by Crippen LogP contribution is 2.13. The minimum absolute atomic E-state index is 0.00137. The number of hydrogen-bond donors (Lipinski definition) is 0. The summed E-state index contributed by atoms with van der Waals surface area (Å²) >= 11 is 5.82. The Bertz CT molecular complexity index is 549. The Labute approximate surface area is 106 Å². The molecule has 0 atom stereocenters. The molecule has 0 bridgehead atoms. The van der Waals surface area contributed by atoms with Crippen LogP contribution in [0, 0.1) is 0 Å². The molecule has 0 amide bonds. The zero-order chi connectivity index (χ0) is 12.8. The highest BCUT2D eigenvalue weighted by molar-refractivity contribution is 6.31. The first-order valence-electron chi connectivity index (χ1n) is 5.87. The van der Waals surface area contributed by atoms with Crippen LogP contribution in [0.1, 0.15) is 27.2 Å². The number of aromatic nitrogens is 2. The van der Waals surface area contributed by atoms with E-state index in [4.69, 9.17) is 11.6 Å². The summed E-state index contributed by atoms with van der Waals surface area (Å²) in [5, 5.41) is 1.22. The highest BCUT2D eigenvalue weighted by atomic mass is 35.5. The van der Waals surface area contributed by atoms with Crippen molar-refractivity contribution < 1.29 is 0 Å². The van der Waals surface area contributed by atoms with Crippen LogP contribution < -0.4 is 5.56 Å². The van der Waals surface area contributed by atoms with Crippen molar-refractivity contribution in [1.29, 1.82) is 0 Å². The number of fused-ring (bicyclic) bond motifs is 1. The maximum absolute atomic E-state index is 11.9. The lowest BCUT2D eigenvalue weighted by atomic mass is 10.2. The second-order valence-electron chi connectivity index (χ2n) is 3.40. The molecule has 1 aromatic heterocycles. The van der Waals surface area contributed by atoms with Crippen molar-refractivity contribution in [2.45, 2.75) is 33.7 Å². The first kappa shape index (κ1) is 13.7. The van der Waals surface area contributed by atoms with E-state index >= 15 is 0 Å². The number of rotatable bonds is 2. The summed E-state index contributed by atoms with van der Waals surface area (Å²) in [5.74, 6) is 0. The molecule has 0 radical (unpaired) electrons. The van der Waals surface area contributed by atoms with Gasteiger partial charge in [0, 0.05) is 11.6 Å². The fourth-order valence-corrected chi connectivity index (χ4v) is 1.70. The van der Waals surface area contributed by atoms with E-state index in [9.17, 15) is 4.79 Å². The number of halogens is 1. The molecular weight excluding hydrogens is 236 g/mol. The molecule has 1 heterocycles. The average Bonchev–Trinajstić information content (AvgIpc) is 2.35. The Morgan fingerprint density at radius 3 is 2.71 bits per heavy atom. The Balaban J connectivity index is 0.000000686. The third-order valence-corrected chi connectivity index (χ3v) is 2.49. The molecule has 1 aromatic carbocycles. The van der Waals surface area contributed by atoms with Crippen LogP contribution in [0.15, 0.2) is 29.3 Å². The van der Waals surface area contributed by atoms with Gasteiger partial charge in [-0.3, -0.25) is 9.36 Å². The average molecular weight is 253 g/mol. The van der Waals surface area contributed by atoms with Crippen LogP contribution in [0.4, 0.5) is 0 Å². The second kappa shape index (κ2) is 6.40. The van der Waals surface area contributed by atoms with Crippen LogP contribution in [-0.2, 0) is 6.54 Å². The van der Waals surface area contributed by atoms with Crippen LogP contribution >= 0.6 is 11.6 Å². The summed E-state index contributed by atoms with van der Waals surface area (Å²) < 4.78 is 1.62. The monoisotopic (exact) mass is 252 g/mol. The highest BCUT2D eigenvalue weighted by Gasteiger charge is 2.03. The zero-order valence-corrected chi connectivity index (χ0v) is 11.2. The molecule has 3 nitrogen and oxygen atoms in total. The summed E-state index contributed by atoms with van der Waals surface area (Å²) in [5.41, 5.74) is 0.651. The van der Waals surface area contributed by atoms with Crippen molar-refractivity contribution in [3.8, 4) is 0 Å². The molecule has 0 N–H and O–H groups in total. The largest absolute Gasteiger partial charge is 0.299 e. The van der Waals surface area contributed by atoms with Gasteiger partial charge < -0.3 is 0 Å². The molecule has 0 spiro atoms. The summed E-state index contributed by atoms with van der Waals surface area (Å²) in [7, 11) is 0. The third kappa shape index (κ3) is 3.07. The topological polar surface area (TPSA) is 34.9 Å². The molecular formula is C13H17ClN2O. The van der Waals surface area contributed by atoms with E-state index in [1.165, 1.54) is 0 Å². The maximum atomic E-state index is 11.9. The molecule has 4 heteroatoms. The SMILES string of the molecule is CC.CCCn1cnc2cc(Cl)ccc2c1=O. The van der Waals surface area contributed by atoms with Gasteiger partial charge >= 0.3 is 0 Å². The van der Waals surface area contributed by atoms with Gasteiger partial charge in [-0.15, -0.1) is 0 Å². The minimum atomic E-state index is -0.00137. The lowest BCUT2D eigenvalue weighted by molar-refractivity contribution is 0.648. The quantitative estimate of drug-likeness (QED) is 0.820. The van der Waals surface area contributed by atoms with Crippen molar-refractivity contribution in [2.75, 3.05) is 0 Å². The molecule has 17 heavy (non-hydrogen) atoms. The van der Waals surface area contributed by atoms with Gasteiger partial charge in [0.15, 0.2) is 0 Å². The van der Waals surface area contributed by atoms with E-state index in [0.29, 0.717) is 22.5 Å². The fraction of sp³-hybridized carbons (Fsp3) is 0.385. The van der Waals surface area contributed by atoms with E-state index in [2.05, 4.69) is 4.98 Å². The standard InChI is InChI=1S/C11H11ClN2O.C2H6/c1-2-5-14-7-13-10-6-8(12)3-4-9(10)11(14)15;1-2/h3-4,6-7H,2,5H2,1H3;1-2H3. The summed E-state index contributed by atoms with van der Waals surface area (Å²) in [6, 6.07) is 5.14. The van der Waals surface area contributed by atoms with Gasteiger partial charge in [0.2, 0.25) is 0 Å². The van der Waals surface area contributed by atoms with E-state index < -0.39 is 0 Å². The van der Waals surface area contributed by atoms with Gasteiger partial charge in [0.25, 0.3) is 5.56 Å². The molecule has 0 aliphatic heterocycles. The van der Waals surface area contributed by atoms with E-state index in [1.807, 2.05) is 20.8 Å². The van der Waals surface area contributed by atoms with E-state index in [0.717, 1.165) is 6.42 Å². The first-order chi connectivity index (χ1) is 8.22. The lowest BCUT2D eigenvalue weighted by Crippen LogP contribution is -2.20. The molecule has 0 aliphatic carbocycles. The first-order valence-corrected chi connectivity index (χ1v) is 6.25. The van der Waals surface area contributed by atoms with Crippen molar-refractivity contribution in [2.24, 2.45) is 0 Å². The summed E-state index contributed by atoms with van der Waals surface area (Å²) in [4.78, 5) is 16.1. The Kier molecular flexibility index (Phi) is 5.16. The van der Waals surface area contributed by atoms with E-state index in [1.54, 1.807) is 29.1 Å². The van der Waals surface area contributed by atoms with Crippen LogP contribution in [0.5, 0.6) is 0 Å². The lowest BCUT2D eigenvalue weighted by Gasteiger charge is -2.04. The van der Waals surface area contributed by atoms with Gasteiger partial charge in [-0.1, -0.05) is 32.4 Å². The molecule has 92 valence electrons. The number of benzene rings is 1. The Morgan fingerprint density at radius 1 is 1.35 bits per heavy atom.